The second-order valence-electron chi connectivity index (χ2n) is 5.60. The molecule has 1 N–H and O–H groups in total. The van der Waals surface area contributed by atoms with Gasteiger partial charge >= 0.3 is 0 Å². The Morgan fingerprint density at radius 2 is 2.05 bits per heavy atom. The van der Waals surface area contributed by atoms with Gasteiger partial charge in [-0.05, 0) is 24.0 Å². The van der Waals surface area contributed by atoms with Gasteiger partial charge in [0.1, 0.15) is 5.69 Å². The van der Waals surface area contributed by atoms with Crippen LogP contribution < -0.4 is 5.32 Å². The van der Waals surface area contributed by atoms with Gasteiger partial charge in [0, 0.05) is 18.8 Å². The molecule has 1 aromatic carbocycles. The van der Waals surface area contributed by atoms with E-state index in [1.165, 1.54) is 16.8 Å². The zero-order chi connectivity index (χ0) is 16.4. The van der Waals surface area contributed by atoms with Crippen molar-refractivity contribution in [1.82, 2.24) is 4.57 Å². The maximum atomic E-state index is 12.4. The Morgan fingerprint density at radius 1 is 1.36 bits per heavy atom. The molecule has 22 heavy (non-hydrogen) atoms. The minimum atomic E-state index is -0.510. The summed E-state index contributed by atoms with van der Waals surface area (Å²) in [6.45, 7) is 6.03. The van der Waals surface area contributed by atoms with Crippen molar-refractivity contribution in [2.75, 3.05) is 5.32 Å². The van der Waals surface area contributed by atoms with Crippen LogP contribution in [0.15, 0.2) is 30.5 Å². The molecular formula is C16H19N3O3. The van der Waals surface area contributed by atoms with Crippen LogP contribution in [0, 0.1) is 17.0 Å². The Balaban J connectivity index is 2.36. The van der Waals surface area contributed by atoms with Crippen LogP contribution in [0.3, 0.4) is 0 Å². The SMILES string of the molecule is Cc1cccc(C(C)C)c1NC(=O)c1cc([N+](=O)[O-])cn1C. The molecule has 0 fully saturated rings. The summed E-state index contributed by atoms with van der Waals surface area (Å²) in [5.74, 6) is -0.0928. The largest absolute Gasteiger partial charge is 0.340 e. The van der Waals surface area contributed by atoms with Gasteiger partial charge in [0.05, 0.1) is 11.1 Å². The van der Waals surface area contributed by atoms with Gasteiger partial charge in [-0.15, -0.1) is 0 Å². The van der Waals surface area contributed by atoms with Gasteiger partial charge in [0.2, 0.25) is 0 Å². The second-order valence-corrected chi connectivity index (χ2v) is 5.60. The van der Waals surface area contributed by atoms with E-state index in [0.29, 0.717) is 0 Å². The fourth-order valence-corrected chi connectivity index (χ4v) is 2.39. The lowest BCUT2D eigenvalue weighted by Crippen LogP contribution is -2.17. The number of anilines is 1. The number of aryl methyl sites for hydroxylation is 2. The number of carbonyl (C=O) groups is 1. The van der Waals surface area contributed by atoms with Crippen LogP contribution in [0.4, 0.5) is 11.4 Å². The third-order valence-corrected chi connectivity index (χ3v) is 3.60. The highest BCUT2D eigenvalue weighted by atomic mass is 16.6. The molecule has 2 aromatic rings. The average Bonchev–Trinajstić information content (AvgIpc) is 2.83. The number of hydrogen-bond donors (Lipinski definition) is 1. The predicted octanol–water partition coefficient (Wildman–Crippen LogP) is 3.62. The number of benzene rings is 1. The van der Waals surface area contributed by atoms with Gasteiger partial charge in [-0.2, -0.15) is 0 Å². The van der Waals surface area contributed by atoms with E-state index in [4.69, 9.17) is 0 Å². The third kappa shape index (κ3) is 3.00. The molecular weight excluding hydrogens is 282 g/mol. The minimum absolute atomic E-state index is 0.0958. The summed E-state index contributed by atoms with van der Waals surface area (Å²) in [5.41, 5.74) is 2.93. The summed E-state index contributed by atoms with van der Waals surface area (Å²) in [4.78, 5) is 22.7. The van der Waals surface area contributed by atoms with Crippen molar-refractivity contribution < 1.29 is 9.72 Å². The summed E-state index contributed by atoms with van der Waals surface area (Å²) in [5, 5.41) is 13.7. The molecule has 0 aliphatic rings. The molecule has 0 bridgehead atoms. The summed E-state index contributed by atoms with van der Waals surface area (Å²) in [7, 11) is 1.61. The van der Waals surface area contributed by atoms with Crippen molar-refractivity contribution in [2.45, 2.75) is 26.7 Å². The molecule has 116 valence electrons. The van der Waals surface area contributed by atoms with E-state index in [0.717, 1.165) is 16.8 Å². The molecule has 6 heteroatoms. The topological polar surface area (TPSA) is 77.2 Å². The van der Waals surface area contributed by atoms with Crippen LogP contribution in [0.2, 0.25) is 0 Å². The van der Waals surface area contributed by atoms with E-state index in [2.05, 4.69) is 19.2 Å². The Morgan fingerprint density at radius 3 is 2.59 bits per heavy atom. The third-order valence-electron chi connectivity index (χ3n) is 3.60. The molecule has 1 heterocycles. The van der Waals surface area contributed by atoms with Crippen molar-refractivity contribution in [2.24, 2.45) is 7.05 Å². The lowest BCUT2D eigenvalue weighted by molar-refractivity contribution is -0.384. The molecule has 1 amide bonds. The monoisotopic (exact) mass is 301 g/mol. The molecule has 0 atom stereocenters. The molecule has 0 spiro atoms. The molecule has 0 aliphatic heterocycles. The normalized spacial score (nSPS) is 10.8. The zero-order valence-electron chi connectivity index (χ0n) is 13.1. The number of hydrogen-bond acceptors (Lipinski definition) is 3. The van der Waals surface area contributed by atoms with Gasteiger partial charge in [0.25, 0.3) is 11.6 Å². The molecule has 6 nitrogen and oxygen atoms in total. The number of amides is 1. The quantitative estimate of drug-likeness (QED) is 0.692. The second kappa shape index (κ2) is 6.01. The lowest BCUT2D eigenvalue weighted by atomic mass is 9.98. The highest BCUT2D eigenvalue weighted by Gasteiger charge is 2.19. The first-order valence-electron chi connectivity index (χ1n) is 7.03. The van der Waals surface area contributed by atoms with Crippen molar-refractivity contribution in [3.05, 3.63) is 57.4 Å². The lowest BCUT2D eigenvalue weighted by Gasteiger charge is -2.16. The van der Waals surface area contributed by atoms with Crippen LogP contribution in [-0.4, -0.2) is 15.4 Å². The molecule has 0 unspecified atom stereocenters. The summed E-state index contributed by atoms with van der Waals surface area (Å²) in [6.07, 6.45) is 1.33. The average molecular weight is 301 g/mol. The molecule has 1 aromatic heterocycles. The summed E-state index contributed by atoms with van der Waals surface area (Å²) < 4.78 is 1.46. The summed E-state index contributed by atoms with van der Waals surface area (Å²) >= 11 is 0. The zero-order valence-corrected chi connectivity index (χ0v) is 13.1. The number of rotatable bonds is 4. The Labute approximate surface area is 128 Å². The first kappa shape index (κ1) is 15.8. The highest BCUT2D eigenvalue weighted by molar-refractivity contribution is 6.04. The standard InChI is InChI=1S/C16H19N3O3/c1-10(2)13-7-5-6-11(3)15(13)17-16(20)14-8-12(19(21)22)9-18(14)4/h5-10H,1-4H3,(H,17,20). The van der Waals surface area contributed by atoms with Gasteiger partial charge in [0.15, 0.2) is 0 Å². The molecule has 0 radical (unpaired) electrons. The van der Waals surface area contributed by atoms with Crippen molar-refractivity contribution in [1.29, 1.82) is 0 Å². The number of carbonyl (C=O) groups excluding carboxylic acids is 1. The van der Waals surface area contributed by atoms with Gasteiger partial charge < -0.3 is 9.88 Å². The molecule has 0 aliphatic carbocycles. The molecule has 2 rings (SSSR count). The highest BCUT2D eigenvalue weighted by Crippen LogP contribution is 2.28. The van der Waals surface area contributed by atoms with Crippen LogP contribution in [0.25, 0.3) is 0 Å². The van der Waals surface area contributed by atoms with E-state index < -0.39 is 4.92 Å². The van der Waals surface area contributed by atoms with Crippen molar-refractivity contribution in [3.63, 3.8) is 0 Å². The van der Waals surface area contributed by atoms with Crippen LogP contribution >= 0.6 is 0 Å². The minimum Gasteiger partial charge on any atom is -0.340 e. The maximum absolute atomic E-state index is 12.4. The molecule has 0 saturated carbocycles. The van der Waals surface area contributed by atoms with E-state index in [1.54, 1.807) is 7.05 Å². The van der Waals surface area contributed by atoms with Gasteiger partial charge in [-0.3, -0.25) is 14.9 Å². The van der Waals surface area contributed by atoms with E-state index in [-0.39, 0.29) is 23.2 Å². The predicted molar refractivity (Wildman–Crippen MR) is 85.3 cm³/mol. The Kier molecular flexibility index (Phi) is 4.30. The van der Waals surface area contributed by atoms with Crippen LogP contribution in [-0.2, 0) is 7.05 Å². The van der Waals surface area contributed by atoms with Crippen LogP contribution in [0.5, 0.6) is 0 Å². The van der Waals surface area contributed by atoms with Gasteiger partial charge in [-0.1, -0.05) is 32.0 Å². The number of nitro groups is 1. The maximum Gasteiger partial charge on any atom is 0.287 e. The van der Waals surface area contributed by atoms with Crippen molar-refractivity contribution >= 4 is 17.3 Å². The first-order valence-corrected chi connectivity index (χ1v) is 7.03. The number of nitrogens with one attached hydrogen (secondary N) is 1. The molecule has 0 saturated heterocycles. The fourth-order valence-electron chi connectivity index (χ4n) is 2.39. The Bertz CT molecular complexity index is 732. The number of nitrogens with zero attached hydrogens (tertiary/aromatic N) is 2. The van der Waals surface area contributed by atoms with E-state index in [1.807, 2.05) is 25.1 Å². The number of aromatic nitrogens is 1. The van der Waals surface area contributed by atoms with E-state index >= 15 is 0 Å². The van der Waals surface area contributed by atoms with Gasteiger partial charge in [-0.25, -0.2) is 0 Å². The van der Waals surface area contributed by atoms with Crippen molar-refractivity contribution in [3.8, 4) is 0 Å². The Hall–Kier alpha value is -2.63. The van der Waals surface area contributed by atoms with E-state index in [9.17, 15) is 14.9 Å². The van der Waals surface area contributed by atoms with Crippen LogP contribution in [0.1, 0.15) is 41.4 Å². The smallest absolute Gasteiger partial charge is 0.287 e. The number of para-hydroxylation sites is 1. The summed E-state index contributed by atoms with van der Waals surface area (Å²) in [6, 6.07) is 7.13. The fraction of sp³-hybridized carbons (Fsp3) is 0.312. The first-order chi connectivity index (χ1) is 10.3.